The van der Waals surface area contributed by atoms with Crippen LogP contribution < -0.4 is 15.2 Å². The number of benzene rings is 2. The Bertz CT molecular complexity index is 1080. The molecule has 2 aromatic carbocycles. The van der Waals surface area contributed by atoms with Gasteiger partial charge in [-0.3, -0.25) is 14.8 Å². The third kappa shape index (κ3) is 3.37. The quantitative estimate of drug-likeness (QED) is 0.740. The van der Waals surface area contributed by atoms with Crippen LogP contribution in [0.4, 0.5) is 0 Å². The number of aromatic nitrogens is 1. The molecule has 0 atom stereocenters. The molecule has 0 amide bonds. The van der Waals surface area contributed by atoms with Gasteiger partial charge in [0, 0.05) is 29.4 Å². The summed E-state index contributed by atoms with van der Waals surface area (Å²) in [4.78, 5) is 20.7. The Morgan fingerprint density at radius 3 is 2.61 bits per heavy atom. The largest absolute Gasteiger partial charge is 0.493 e. The molecular formula is C22H19N3O3. The number of fused-ring (bicyclic) bond motifs is 1. The van der Waals surface area contributed by atoms with Crippen LogP contribution in [-0.2, 0) is 0 Å². The minimum Gasteiger partial charge on any atom is -0.493 e. The Kier molecular flexibility index (Phi) is 4.87. The minimum atomic E-state index is 0.00475. The van der Waals surface area contributed by atoms with Gasteiger partial charge in [-0.1, -0.05) is 24.3 Å². The summed E-state index contributed by atoms with van der Waals surface area (Å²) in [5.41, 5.74) is 9.77. The Morgan fingerprint density at radius 1 is 1.00 bits per heavy atom. The minimum absolute atomic E-state index is 0.00475. The van der Waals surface area contributed by atoms with Crippen LogP contribution >= 0.6 is 0 Å². The van der Waals surface area contributed by atoms with E-state index in [0.717, 1.165) is 22.4 Å². The maximum atomic E-state index is 12.1. The van der Waals surface area contributed by atoms with Gasteiger partial charge in [0.2, 0.25) is 0 Å². The summed E-state index contributed by atoms with van der Waals surface area (Å²) in [7, 11) is 1.60. The van der Waals surface area contributed by atoms with Gasteiger partial charge in [0.15, 0.2) is 17.3 Å². The van der Waals surface area contributed by atoms with Crippen molar-refractivity contribution in [2.45, 2.75) is 0 Å². The van der Waals surface area contributed by atoms with Crippen molar-refractivity contribution in [2.24, 2.45) is 10.7 Å². The fourth-order valence-corrected chi connectivity index (χ4v) is 3.18. The van der Waals surface area contributed by atoms with Crippen molar-refractivity contribution in [3.05, 3.63) is 72.1 Å². The van der Waals surface area contributed by atoms with Crippen molar-refractivity contribution in [3.63, 3.8) is 0 Å². The maximum Gasteiger partial charge on any atom is 0.184 e. The first-order valence-electron chi connectivity index (χ1n) is 8.87. The first-order valence-corrected chi connectivity index (χ1v) is 8.87. The molecule has 1 aromatic heterocycles. The van der Waals surface area contributed by atoms with Gasteiger partial charge in [0.05, 0.1) is 19.0 Å². The van der Waals surface area contributed by atoms with E-state index in [9.17, 15) is 4.79 Å². The van der Waals surface area contributed by atoms with E-state index in [2.05, 4.69) is 9.98 Å². The topological polar surface area (TPSA) is 86.8 Å². The van der Waals surface area contributed by atoms with E-state index in [1.807, 2.05) is 48.5 Å². The number of pyridine rings is 1. The Balaban J connectivity index is 1.69. The second-order valence-corrected chi connectivity index (χ2v) is 6.31. The summed E-state index contributed by atoms with van der Waals surface area (Å²) in [6.07, 6.45) is 3.39. The van der Waals surface area contributed by atoms with Crippen LogP contribution in [0.25, 0.3) is 11.1 Å². The second kappa shape index (κ2) is 7.62. The van der Waals surface area contributed by atoms with Gasteiger partial charge >= 0.3 is 0 Å². The highest BCUT2D eigenvalue weighted by Gasteiger charge is 2.20. The van der Waals surface area contributed by atoms with Crippen molar-refractivity contribution in [3.8, 4) is 28.4 Å². The maximum absolute atomic E-state index is 12.1. The number of aliphatic imine (C=N–C) groups is 1. The third-order valence-electron chi connectivity index (χ3n) is 4.58. The van der Waals surface area contributed by atoms with E-state index < -0.39 is 0 Å². The van der Waals surface area contributed by atoms with Crippen molar-refractivity contribution in [2.75, 3.05) is 20.2 Å². The highest BCUT2D eigenvalue weighted by atomic mass is 16.5. The van der Waals surface area contributed by atoms with Gasteiger partial charge in [0.25, 0.3) is 0 Å². The number of ether oxygens (including phenoxy) is 2. The van der Waals surface area contributed by atoms with E-state index in [1.165, 1.54) is 0 Å². The number of nitrogens with two attached hydrogens (primary N) is 1. The number of ketones is 1. The molecular weight excluding hydrogens is 354 g/mol. The fourth-order valence-electron chi connectivity index (χ4n) is 3.18. The molecule has 140 valence electrons. The third-order valence-corrected chi connectivity index (χ3v) is 4.58. The zero-order valence-electron chi connectivity index (χ0n) is 15.4. The number of Topliss-reactive ketones (excluding diaryl/α,β-unsaturated/α-hetero) is 1. The summed E-state index contributed by atoms with van der Waals surface area (Å²) in [5, 5.41) is 0. The summed E-state index contributed by atoms with van der Waals surface area (Å²) in [5.74, 6) is 1.84. The van der Waals surface area contributed by atoms with Crippen LogP contribution in [-0.4, -0.2) is 36.7 Å². The normalized spacial score (nSPS) is 12.9. The molecule has 0 spiro atoms. The lowest BCUT2D eigenvalue weighted by Gasteiger charge is -2.16. The molecule has 2 N–H and O–H groups in total. The van der Waals surface area contributed by atoms with E-state index >= 15 is 0 Å². The zero-order valence-corrected chi connectivity index (χ0v) is 15.4. The first-order chi connectivity index (χ1) is 13.7. The van der Waals surface area contributed by atoms with Crippen LogP contribution in [0.5, 0.6) is 17.2 Å². The fraction of sp³-hybridized carbons (Fsp3) is 0.136. The molecule has 28 heavy (non-hydrogen) atoms. The number of carbonyl (C=O) groups is 1. The number of hydrogen-bond donors (Lipinski definition) is 1. The molecule has 6 heteroatoms. The lowest BCUT2D eigenvalue weighted by Crippen LogP contribution is -2.24. The van der Waals surface area contributed by atoms with Crippen molar-refractivity contribution in [1.29, 1.82) is 0 Å². The van der Waals surface area contributed by atoms with Gasteiger partial charge in [-0.05, 0) is 29.8 Å². The van der Waals surface area contributed by atoms with Crippen LogP contribution in [0, 0.1) is 0 Å². The molecule has 1 aliphatic heterocycles. The van der Waals surface area contributed by atoms with Crippen LogP contribution in [0.3, 0.4) is 0 Å². The van der Waals surface area contributed by atoms with Gasteiger partial charge < -0.3 is 15.2 Å². The molecule has 4 rings (SSSR count). The molecule has 0 radical (unpaired) electrons. The summed E-state index contributed by atoms with van der Waals surface area (Å²) < 4.78 is 11.3. The van der Waals surface area contributed by atoms with E-state index in [-0.39, 0.29) is 12.3 Å². The monoisotopic (exact) mass is 373 g/mol. The van der Waals surface area contributed by atoms with Gasteiger partial charge in [-0.15, -0.1) is 0 Å². The molecule has 2 heterocycles. The molecule has 0 saturated carbocycles. The summed E-state index contributed by atoms with van der Waals surface area (Å²) >= 11 is 0. The number of rotatable bonds is 5. The van der Waals surface area contributed by atoms with Gasteiger partial charge in [-0.25, -0.2) is 0 Å². The number of hydrogen-bond acceptors (Lipinski definition) is 6. The van der Waals surface area contributed by atoms with E-state index in [1.54, 1.807) is 19.5 Å². The van der Waals surface area contributed by atoms with Crippen molar-refractivity contribution in [1.82, 2.24) is 4.98 Å². The SMILES string of the molecule is COc1ccccc1Oc1cncc(-c2ccc3c(c2)C(CN)=NCC3=O)c1. The standard InChI is InChI=1S/C22H19N3O3/c1-27-21-4-2-3-5-22(21)28-16-8-15(11-24-12-16)14-6-7-17-18(9-14)19(10-23)25-13-20(17)26/h2-9,11-12H,10,13,23H2,1H3. The van der Waals surface area contributed by atoms with Gasteiger partial charge in [-0.2, -0.15) is 0 Å². The summed E-state index contributed by atoms with van der Waals surface area (Å²) in [6.45, 7) is 0.446. The average Bonchev–Trinajstić information content (AvgIpc) is 2.74. The van der Waals surface area contributed by atoms with Crippen molar-refractivity contribution >= 4 is 11.5 Å². The van der Waals surface area contributed by atoms with Gasteiger partial charge in [0.1, 0.15) is 12.3 Å². The number of methoxy groups -OCH3 is 1. The molecule has 1 aliphatic rings. The molecule has 0 fully saturated rings. The molecule has 0 bridgehead atoms. The van der Waals surface area contributed by atoms with E-state index in [4.69, 9.17) is 15.2 Å². The van der Waals surface area contributed by atoms with Crippen LogP contribution in [0.1, 0.15) is 15.9 Å². The van der Waals surface area contributed by atoms with Crippen molar-refractivity contribution < 1.29 is 14.3 Å². The molecule has 0 unspecified atom stereocenters. The number of nitrogens with zero attached hydrogens (tertiary/aromatic N) is 2. The highest BCUT2D eigenvalue weighted by molar-refractivity contribution is 6.16. The molecule has 0 saturated heterocycles. The zero-order chi connectivity index (χ0) is 19.5. The molecule has 3 aromatic rings. The second-order valence-electron chi connectivity index (χ2n) is 6.31. The smallest absolute Gasteiger partial charge is 0.184 e. The Labute approximate surface area is 162 Å². The number of carbonyl (C=O) groups excluding carboxylic acids is 1. The van der Waals surface area contributed by atoms with Crippen LogP contribution in [0.2, 0.25) is 0 Å². The van der Waals surface area contributed by atoms with Crippen LogP contribution in [0.15, 0.2) is 65.9 Å². The Hall–Kier alpha value is -3.51. The number of para-hydroxylation sites is 2. The average molecular weight is 373 g/mol. The Morgan fingerprint density at radius 2 is 1.82 bits per heavy atom. The lowest BCUT2D eigenvalue weighted by atomic mass is 9.93. The first kappa shape index (κ1) is 17.9. The predicted octanol–water partition coefficient (Wildman–Crippen LogP) is 3.49. The highest BCUT2D eigenvalue weighted by Crippen LogP contribution is 2.33. The molecule has 0 aliphatic carbocycles. The van der Waals surface area contributed by atoms with E-state index in [0.29, 0.717) is 29.4 Å². The summed E-state index contributed by atoms with van der Waals surface area (Å²) in [6, 6.07) is 15.0. The predicted molar refractivity (Wildman–Crippen MR) is 108 cm³/mol. The molecule has 6 nitrogen and oxygen atoms in total. The lowest BCUT2D eigenvalue weighted by molar-refractivity contribution is 0.1000.